The fourth-order valence-electron chi connectivity index (χ4n) is 15.0. The number of rotatable bonds is 10. The highest BCUT2D eigenvalue weighted by atomic mass is 32.2. The van der Waals surface area contributed by atoms with Crippen molar-refractivity contribution in [2.75, 3.05) is 26.4 Å². The Balaban J connectivity index is 0.000000281. The van der Waals surface area contributed by atoms with Crippen molar-refractivity contribution < 1.29 is 164 Å². The number of aliphatic hydroxyl groups excluding tert-OH is 4. The molecule has 113 heavy (non-hydrogen) atoms. The third-order valence-electron chi connectivity index (χ3n) is 19.8. The second-order valence-corrected chi connectivity index (χ2v) is 33.0. The maximum absolute atomic E-state index is 14.3. The predicted octanol–water partition coefficient (Wildman–Crippen LogP) is 8.77. The summed E-state index contributed by atoms with van der Waals surface area (Å²) in [4.78, 5) is 4.15. The molecule has 1 aromatic heterocycles. The second kappa shape index (κ2) is 39.1. The first-order valence-corrected chi connectivity index (χ1v) is 37.4. The first-order chi connectivity index (χ1) is 49.5. The van der Waals surface area contributed by atoms with Crippen LogP contribution in [0.2, 0.25) is 0 Å². The summed E-state index contributed by atoms with van der Waals surface area (Å²) in [6.45, 7) is 38.7. The molecule has 4 N–H and O–H groups in total. The van der Waals surface area contributed by atoms with Crippen LogP contribution in [0, 0.1) is 5.92 Å². The molecule has 0 radical (unpaired) electrons. The summed E-state index contributed by atoms with van der Waals surface area (Å²) < 4.78 is 217. The van der Waals surface area contributed by atoms with Crippen LogP contribution in [0.5, 0.6) is 0 Å². The summed E-state index contributed by atoms with van der Waals surface area (Å²) in [7, 11) is -3.11. The van der Waals surface area contributed by atoms with Gasteiger partial charge in [-0.2, -0.15) is 0 Å². The number of hydrogen-bond acceptors (Lipinski definition) is 32. The van der Waals surface area contributed by atoms with Crippen LogP contribution < -0.4 is 0 Å². The maximum Gasteiger partial charge on any atom is 0.425 e. The van der Waals surface area contributed by atoms with E-state index in [1.807, 2.05) is 66.2 Å². The highest BCUT2D eigenvalue weighted by molar-refractivity contribution is 7.59. The fraction of sp³-hybridized carbons (Fsp3) is 0.960. The number of aromatic nitrogens is 2. The molecular weight excluding hydrogens is 1530 g/mol. The average molecular weight is 1670 g/mol. The van der Waals surface area contributed by atoms with Crippen LogP contribution in [0.3, 0.4) is 0 Å². The molecule has 15 fully saturated rings. The number of fused-ring (bicyclic) bond motifs is 6. The minimum absolute atomic E-state index is 0. The summed E-state index contributed by atoms with van der Waals surface area (Å²) in [5.41, 5.74) is 0. The molecule has 33 nitrogen and oxygen atoms in total. The largest absolute Gasteiger partial charge is 0.425 e. The zero-order chi connectivity index (χ0) is 79.0. The lowest BCUT2D eigenvalue weighted by Gasteiger charge is -2.29. The van der Waals surface area contributed by atoms with Crippen LogP contribution in [0.25, 0.3) is 0 Å². The average Bonchev–Trinajstić information content (AvgIpc) is 1.59. The van der Waals surface area contributed by atoms with Gasteiger partial charge in [-0.05, 0) is 137 Å². The minimum Gasteiger partial charge on any atom is -0.394 e. The SMILES string of the molecule is C.C.C.C.C.C.CC1(C)O[C@H]2O[C@@H]([C@H](O)CO)[C@H](F)[C@H]2O1.CC1(C)O[C@H]2O[C@@H]([C@H]3COC(C)(C)O3)[C@@H](O)[C@H]2O1.CC1(C)O[C@H]2O[C@@H]([C@H]3COC(C)(C)O3)[C@@H](n3ccnc3)[C@H]2O1.CC1(C)O[C@H]2O[C@@H]([C@H]3COC(C)(C)O3)[C@H](F)[C@H]2O1.CC[C@@H](C)[C@@H]1O[C@@H]2OC(C)(C)O[C@@H]2[C@H]1F.CC[C@@H](O)[C@@H]1O[C@@H]2OC(C)(C)O[C@@H]2[C@H]1F.O=S(=O)=O. The summed E-state index contributed by atoms with van der Waals surface area (Å²) >= 11 is 0. The Hall–Kier alpha value is -2.57. The van der Waals surface area contributed by atoms with Crippen molar-refractivity contribution in [1.29, 1.82) is 0 Å². The van der Waals surface area contributed by atoms with E-state index >= 15 is 0 Å². The smallest absolute Gasteiger partial charge is 0.394 e. The van der Waals surface area contributed by atoms with Crippen molar-refractivity contribution in [3.05, 3.63) is 18.7 Å². The molecule has 0 unspecified atom stereocenters. The van der Waals surface area contributed by atoms with E-state index in [1.54, 1.807) is 103 Å². The first-order valence-electron chi connectivity index (χ1n) is 36.4. The van der Waals surface area contributed by atoms with Crippen LogP contribution in [-0.4, -0.2) is 293 Å². The van der Waals surface area contributed by atoms with Crippen LogP contribution in [0.15, 0.2) is 18.7 Å². The van der Waals surface area contributed by atoms with E-state index in [9.17, 15) is 32.9 Å². The Morgan fingerprint density at radius 1 is 0.398 bits per heavy atom. The van der Waals surface area contributed by atoms with E-state index in [4.69, 9.17) is 131 Å². The number of nitrogens with zero attached hydrogens (tertiary/aromatic N) is 2. The zero-order valence-corrected chi connectivity index (χ0v) is 65.2. The van der Waals surface area contributed by atoms with Crippen molar-refractivity contribution in [2.45, 2.75) is 433 Å². The lowest BCUT2D eigenvalue weighted by molar-refractivity contribution is -0.232. The lowest BCUT2D eigenvalue weighted by atomic mass is 9.97. The van der Waals surface area contributed by atoms with E-state index in [-0.39, 0.29) is 87.0 Å². The molecule has 1 aromatic rings. The van der Waals surface area contributed by atoms with E-state index in [2.05, 4.69) is 4.98 Å². The number of halogens is 4. The number of alkyl halides is 4. The van der Waals surface area contributed by atoms with Crippen molar-refractivity contribution in [2.24, 2.45) is 5.92 Å². The molecule has 16 heterocycles. The topological polar surface area (TPSA) is 371 Å². The molecule has 0 spiro atoms. The van der Waals surface area contributed by atoms with Crippen molar-refractivity contribution in [3.63, 3.8) is 0 Å². The van der Waals surface area contributed by atoms with Gasteiger partial charge in [-0.15, -0.1) is 12.6 Å². The van der Waals surface area contributed by atoms with Crippen molar-refractivity contribution >= 4 is 10.6 Å². The van der Waals surface area contributed by atoms with Gasteiger partial charge in [0.25, 0.3) is 0 Å². The van der Waals surface area contributed by atoms with Gasteiger partial charge >= 0.3 is 10.6 Å². The van der Waals surface area contributed by atoms with Crippen molar-refractivity contribution in [1.82, 2.24) is 9.55 Å². The Labute approximate surface area is 666 Å². The Kier molecular flexibility index (Phi) is 35.6. The van der Waals surface area contributed by atoms with Crippen LogP contribution in [0.1, 0.15) is 209 Å². The summed E-state index contributed by atoms with van der Waals surface area (Å²) in [6.07, 6.45) is -12.8. The molecule has 15 aliphatic rings. The Morgan fingerprint density at radius 3 is 1.03 bits per heavy atom. The molecule has 15 saturated heterocycles. The molecule has 38 heteroatoms. The van der Waals surface area contributed by atoms with Crippen LogP contribution in [0.4, 0.5) is 17.6 Å². The molecule has 0 aromatic carbocycles. The van der Waals surface area contributed by atoms with Crippen LogP contribution in [-0.2, 0) is 124 Å². The minimum atomic E-state index is -3.11. The third kappa shape index (κ3) is 24.4. The van der Waals surface area contributed by atoms with Gasteiger partial charge in [-0.25, -0.2) is 22.5 Å². The van der Waals surface area contributed by atoms with Gasteiger partial charge in [-0.3, -0.25) is 0 Å². The molecule has 16 rings (SSSR count). The second-order valence-electron chi connectivity index (χ2n) is 32.6. The van der Waals surface area contributed by atoms with Gasteiger partial charge in [0, 0.05) is 12.4 Å². The standard InChI is InChI=1S/C15H22N2O5.C12H19FO5.C12H20O6.C11H19FO3.C10H17FO4.C9H15FO5.6CH4.O3S/c1-14(2)18-7-9(20-14)11-10(17-6-5-16-8-17)12-13(19-11)22-15(3,4)21-12;2*1-11(2)14-5-6(16-11)8-7(13)9-10(15-8)18-12(3,4)17-9;1-5-6(2)8-7(12)9-10(13-8)15-11(3,4)14-9;1-4-5(12)7-6(11)8-9(13-7)15-10(2,3)14-8;1-9(2)14-7-5(10)6(4(12)3-11)13-8(7)15-9;;;;;;;1-4(2)3/h5-6,8-13H,7H2,1-4H3;6-10H,5H2,1-4H3;6-10,13H,5H2,1-4H3;6-10H,5H2,1-4H3;5-9,12H,4H2,1-3H3;4-8,11-12H,3H2,1-2H3;6*1H4;/t9-,10-,11+,12-,13-;6-,7+,8+,9-,10-;6-,7-,8+,9-,10-;6-,7+,8+,9-,10-;5-,6+,7+,8-,9-;4-,5+,6+,7-,8-;;;;;;;/m111111......./s1. The molecule has 30 atom stereocenters. The number of imidazole rings is 1. The highest BCUT2D eigenvalue weighted by Gasteiger charge is 2.64. The summed E-state index contributed by atoms with van der Waals surface area (Å²) in [5.74, 6) is -6.27. The number of hydrogen-bond donors (Lipinski definition) is 4. The molecule has 0 bridgehead atoms. The maximum atomic E-state index is 14.3. The monoisotopic (exact) mass is 1670 g/mol. The molecule has 0 aliphatic carbocycles. The number of ether oxygens (including phenoxy) is 24. The molecule has 666 valence electrons. The Morgan fingerprint density at radius 2 is 0.699 bits per heavy atom. The lowest BCUT2D eigenvalue weighted by Crippen LogP contribution is -2.42. The van der Waals surface area contributed by atoms with E-state index < -0.39 is 211 Å². The molecule has 0 saturated carbocycles. The van der Waals surface area contributed by atoms with Gasteiger partial charge in [-0.1, -0.05) is 71.8 Å². The van der Waals surface area contributed by atoms with Gasteiger partial charge in [0.2, 0.25) is 0 Å². The van der Waals surface area contributed by atoms with Gasteiger partial charge in [0.15, 0.2) is 115 Å². The predicted molar refractivity (Wildman–Crippen MR) is 393 cm³/mol. The number of aliphatic hydroxyl groups is 4. The van der Waals surface area contributed by atoms with Gasteiger partial charge in [0.1, 0.15) is 97.7 Å². The normalized spacial score (nSPS) is 42.4. The molecular formula is C75H136F4N2O31S. The fourth-order valence-corrected chi connectivity index (χ4v) is 15.0. The third-order valence-corrected chi connectivity index (χ3v) is 19.8. The molecule has 15 aliphatic heterocycles. The summed E-state index contributed by atoms with van der Waals surface area (Å²) in [6, 6.07) is -0.0585. The van der Waals surface area contributed by atoms with E-state index in [0.29, 0.717) is 26.2 Å². The van der Waals surface area contributed by atoms with Gasteiger partial charge < -0.3 is 139 Å². The van der Waals surface area contributed by atoms with Gasteiger partial charge in [0.05, 0.1) is 51.0 Å². The summed E-state index contributed by atoms with van der Waals surface area (Å²) in [5, 5.41) is 37.8. The van der Waals surface area contributed by atoms with E-state index in [1.165, 1.54) is 0 Å². The van der Waals surface area contributed by atoms with Crippen LogP contribution >= 0.6 is 0 Å². The molecule has 0 amide bonds. The Bertz CT molecular complexity index is 3000. The highest BCUT2D eigenvalue weighted by Crippen LogP contribution is 2.49. The van der Waals surface area contributed by atoms with Crippen molar-refractivity contribution in [3.8, 4) is 0 Å². The zero-order valence-electron chi connectivity index (χ0n) is 64.4. The first kappa shape index (κ1) is 103. The quantitative estimate of drug-likeness (QED) is 0.159. The van der Waals surface area contributed by atoms with E-state index in [0.717, 1.165) is 6.42 Å².